The molecule has 1 amide bonds. The lowest BCUT2D eigenvalue weighted by Gasteiger charge is -2.39. The fourth-order valence-electron chi connectivity index (χ4n) is 4.29. The number of methoxy groups -OCH3 is 1. The van der Waals surface area contributed by atoms with Crippen LogP contribution in [0.3, 0.4) is 0 Å². The molecule has 0 aliphatic carbocycles. The number of nitrogens with one attached hydrogen (secondary N) is 1. The van der Waals surface area contributed by atoms with Crippen LogP contribution in [0.1, 0.15) is 60.3 Å². The fourth-order valence-corrected chi connectivity index (χ4v) is 4.29. The van der Waals surface area contributed by atoms with Gasteiger partial charge in [-0.2, -0.15) is 0 Å². The zero-order valence-electron chi connectivity index (χ0n) is 20.9. The Morgan fingerprint density at radius 2 is 1.97 bits per heavy atom. The molecule has 0 radical (unpaired) electrons. The smallest absolute Gasteiger partial charge is 0.303 e. The van der Waals surface area contributed by atoms with Crippen LogP contribution in [0, 0.1) is 5.92 Å². The zero-order valence-corrected chi connectivity index (χ0v) is 20.9. The zero-order chi connectivity index (χ0) is 24.4. The van der Waals surface area contributed by atoms with E-state index in [1.165, 1.54) is 18.6 Å². The molecule has 0 spiro atoms. The summed E-state index contributed by atoms with van der Waals surface area (Å²) in [6.45, 7) is 10.1. The first-order chi connectivity index (χ1) is 15.7. The lowest BCUT2D eigenvalue weighted by molar-refractivity contribution is -0.143. The highest BCUT2D eigenvalue weighted by Crippen LogP contribution is 2.28. The number of rotatable bonds is 9. The molecule has 2 aliphatic heterocycles. The summed E-state index contributed by atoms with van der Waals surface area (Å²) in [4.78, 5) is 23.2. The Bertz CT molecular complexity index is 730. The Morgan fingerprint density at radius 3 is 2.67 bits per heavy atom. The van der Waals surface area contributed by atoms with Gasteiger partial charge in [-0.1, -0.05) is 30.7 Å². The Balaban J connectivity index is 1.82. The quantitative estimate of drug-likeness (QED) is 0.317. The van der Waals surface area contributed by atoms with Crippen molar-refractivity contribution >= 4 is 11.9 Å². The van der Waals surface area contributed by atoms with Gasteiger partial charge < -0.3 is 24.3 Å². The predicted octanol–water partition coefficient (Wildman–Crippen LogP) is 3.88. The Labute approximate surface area is 198 Å². The van der Waals surface area contributed by atoms with Crippen LogP contribution in [-0.4, -0.2) is 62.2 Å². The van der Waals surface area contributed by atoms with Crippen LogP contribution in [0.2, 0.25) is 0 Å². The average Bonchev–Trinajstić information content (AvgIpc) is 2.77. The van der Waals surface area contributed by atoms with Gasteiger partial charge in [0.1, 0.15) is 12.2 Å². The molecule has 186 valence electrons. The van der Waals surface area contributed by atoms with Crippen molar-refractivity contribution < 1.29 is 28.5 Å². The van der Waals surface area contributed by atoms with Crippen LogP contribution in [0.5, 0.6) is 0 Å². The van der Waals surface area contributed by atoms with Crippen LogP contribution < -0.4 is 5.32 Å². The average molecular weight is 464 g/mol. The fraction of sp³-hybridized carbons (Fsp3) is 0.692. The van der Waals surface area contributed by atoms with Crippen LogP contribution >= 0.6 is 0 Å². The molecule has 2 fully saturated rings. The minimum absolute atomic E-state index is 0.00686. The van der Waals surface area contributed by atoms with E-state index in [0.29, 0.717) is 5.92 Å². The van der Waals surface area contributed by atoms with E-state index in [4.69, 9.17) is 18.9 Å². The van der Waals surface area contributed by atoms with Crippen molar-refractivity contribution in [2.45, 2.75) is 96.9 Å². The van der Waals surface area contributed by atoms with Crippen molar-refractivity contribution in [1.82, 2.24) is 5.32 Å². The summed E-state index contributed by atoms with van der Waals surface area (Å²) in [5, 5.41) is 3.02. The van der Waals surface area contributed by atoms with Crippen LogP contribution in [-0.2, 0) is 28.5 Å². The third-order valence-corrected chi connectivity index (χ3v) is 6.25. The molecule has 2 saturated heterocycles. The topological polar surface area (TPSA) is 83.1 Å². The summed E-state index contributed by atoms with van der Waals surface area (Å²) in [5.41, 5.74) is 1.17. The minimum atomic E-state index is -0.439. The van der Waals surface area contributed by atoms with Crippen molar-refractivity contribution in [3.05, 3.63) is 36.0 Å². The number of allylic oxidation sites excluding steroid dienone is 2. The molecule has 0 bridgehead atoms. The third kappa shape index (κ3) is 9.43. The predicted molar refractivity (Wildman–Crippen MR) is 128 cm³/mol. The molecule has 7 heteroatoms. The van der Waals surface area contributed by atoms with Gasteiger partial charge in [0.25, 0.3) is 0 Å². The van der Waals surface area contributed by atoms with Gasteiger partial charge >= 0.3 is 5.97 Å². The van der Waals surface area contributed by atoms with Crippen molar-refractivity contribution in [2.75, 3.05) is 13.7 Å². The van der Waals surface area contributed by atoms with E-state index < -0.39 is 6.10 Å². The van der Waals surface area contributed by atoms with Gasteiger partial charge in [-0.05, 0) is 58.4 Å². The number of hydrogen-bond acceptors (Lipinski definition) is 6. The second-order valence-corrected chi connectivity index (χ2v) is 9.18. The number of hydrogen-bond donors (Lipinski definition) is 1. The highest BCUT2D eigenvalue weighted by molar-refractivity contribution is 5.87. The molecule has 0 aromatic rings. The monoisotopic (exact) mass is 463 g/mol. The van der Waals surface area contributed by atoms with Gasteiger partial charge in [0, 0.05) is 26.7 Å². The molecule has 7 nitrogen and oxygen atoms in total. The maximum absolute atomic E-state index is 12.3. The largest absolute Gasteiger partial charge is 0.459 e. The van der Waals surface area contributed by atoms with E-state index >= 15 is 0 Å². The molecule has 1 N–H and O–H groups in total. The number of esters is 1. The number of carbonyl (C=O) groups excluding carboxylic acids is 2. The van der Waals surface area contributed by atoms with Gasteiger partial charge in [0.15, 0.2) is 0 Å². The van der Waals surface area contributed by atoms with Crippen LogP contribution in [0.25, 0.3) is 0 Å². The number of ether oxygens (including phenoxy) is 4. The van der Waals surface area contributed by atoms with Crippen LogP contribution in [0.4, 0.5) is 0 Å². The van der Waals surface area contributed by atoms with E-state index in [9.17, 15) is 9.59 Å². The summed E-state index contributed by atoms with van der Waals surface area (Å²) in [7, 11) is 1.74. The third-order valence-electron chi connectivity index (χ3n) is 6.25. The van der Waals surface area contributed by atoms with E-state index in [-0.39, 0.29) is 42.3 Å². The summed E-state index contributed by atoms with van der Waals surface area (Å²) in [5.74, 6) is -0.272. The normalized spacial score (nSPS) is 32.1. The Morgan fingerprint density at radius 1 is 1.21 bits per heavy atom. The first-order valence-electron chi connectivity index (χ1n) is 12.0. The van der Waals surface area contributed by atoms with Gasteiger partial charge in [-0.15, -0.1) is 0 Å². The van der Waals surface area contributed by atoms with Gasteiger partial charge in [0.2, 0.25) is 5.91 Å². The molecule has 0 saturated carbocycles. The van der Waals surface area contributed by atoms with Gasteiger partial charge in [-0.25, -0.2) is 0 Å². The van der Waals surface area contributed by atoms with E-state index in [1.807, 2.05) is 6.92 Å². The Kier molecular flexibility index (Phi) is 11.3. The Hall–Kier alpha value is -1.96. The summed E-state index contributed by atoms with van der Waals surface area (Å²) < 4.78 is 22.6. The highest BCUT2D eigenvalue weighted by atomic mass is 16.5. The van der Waals surface area contributed by atoms with Crippen LogP contribution in [0.15, 0.2) is 36.0 Å². The molecular formula is C26H41NO6. The summed E-state index contributed by atoms with van der Waals surface area (Å²) in [6, 6.07) is -0.0585. The summed E-state index contributed by atoms with van der Waals surface area (Å²) in [6.07, 6.45) is 12.8. The van der Waals surface area contributed by atoms with Gasteiger partial charge in [0.05, 0.1) is 24.4 Å². The van der Waals surface area contributed by atoms with Crippen molar-refractivity contribution in [3.8, 4) is 0 Å². The van der Waals surface area contributed by atoms with Gasteiger partial charge in [-0.3, -0.25) is 9.59 Å². The van der Waals surface area contributed by atoms with Crippen molar-refractivity contribution in [3.63, 3.8) is 0 Å². The van der Waals surface area contributed by atoms with E-state index in [2.05, 4.69) is 37.4 Å². The second-order valence-electron chi connectivity index (χ2n) is 9.18. The maximum Gasteiger partial charge on any atom is 0.303 e. The highest BCUT2D eigenvalue weighted by Gasteiger charge is 2.33. The molecule has 0 aromatic carbocycles. The molecule has 2 aliphatic rings. The summed E-state index contributed by atoms with van der Waals surface area (Å²) >= 11 is 0. The van der Waals surface area contributed by atoms with Crippen molar-refractivity contribution in [1.29, 1.82) is 0 Å². The SMILES string of the molecule is COC1CCCOC1/C=C/C(C)=C/CC1OC(C)C(NC(=O)/C=C\[C@H](C)OC(C)=O)CC1C. The molecule has 0 aromatic heterocycles. The second kappa shape index (κ2) is 13.7. The molecule has 6 unspecified atom stereocenters. The molecule has 2 heterocycles. The lowest BCUT2D eigenvalue weighted by Crippen LogP contribution is -2.50. The number of carbonyl (C=O) groups is 2. The molecule has 33 heavy (non-hydrogen) atoms. The standard InChI is InChI=1S/C26H41NO6/c1-17(10-13-25-24(30-6)8-7-15-31-25)9-12-23-18(2)16-22(20(4)33-23)27-26(29)14-11-19(3)32-21(5)28/h9-11,13-14,18-20,22-25H,7-8,12,15-16H2,1-6H3,(H,27,29)/b13-10+,14-11-,17-9+/t18?,19-,20?,22?,23?,24?,25?/m0/s1. The first kappa shape index (κ1) is 27.3. The molecular weight excluding hydrogens is 422 g/mol. The molecule has 7 atom stereocenters. The maximum atomic E-state index is 12.3. The lowest BCUT2D eigenvalue weighted by atomic mass is 9.88. The molecule has 2 rings (SSSR count). The first-order valence-corrected chi connectivity index (χ1v) is 12.0. The van der Waals surface area contributed by atoms with Crippen molar-refractivity contribution in [2.24, 2.45) is 5.92 Å². The number of amides is 1. The minimum Gasteiger partial charge on any atom is -0.459 e. The van der Waals surface area contributed by atoms with E-state index in [0.717, 1.165) is 32.3 Å². The van der Waals surface area contributed by atoms with E-state index in [1.54, 1.807) is 20.1 Å².